The highest BCUT2D eigenvalue weighted by atomic mass is 32.3. The number of carbonyl (C=O) groups is 2. The lowest BCUT2D eigenvalue weighted by atomic mass is 9.79. The first-order chi connectivity index (χ1) is 15.6. The second-order valence-electron chi connectivity index (χ2n) is 9.23. The Morgan fingerprint density at radius 3 is 2.06 bits per heavy atom. The van der Waals surface area contributed by atoms with Gasteiger partial charge in [0.1, 0.15) is 12.2 Å². The number of fused-ring (bicyclic) bond motifs is 2. The Hall–Kier alpha value is -1.45. The highest BCUT2D eigenvalue weighted by Gasteiger charge is 2.56. The minimum atomic E-state index is -6.31. The van der Waals surface area contributed by atoms with Crippen LogP contribution in [-0.2, 0) is 43.6 Å². The van der Waals surface area contributed by atoms with Crippen molar-refractivity contribution < 1.29 is 53.3 Å². The third-order valence-electron chi connectivity index (χ3n) is 6.76. The van der Waals surface area contributed by atoms with Crippen LogP contribution in [0.25, 0.3) is 4.13 Å². The third kappa shape index (κ3) is 6.21. The van der Waals surface area contributed by atoms with Gasteiger partial charge in [-0.1, -0.05) is 6.42 Å². The van der Waals surface area contributed by atoms with E-state index in [1.165, 1.54) is 0 Å². The Kier molecular flexibility index (Phi) is 7.90. The number of ether oxygens (including phenoxy) is 2. The maximum absolute atomic E-state index is 13.0. The molecule has 0 amide bonds. The number of rotatable bonds is 9. The van der Waals surface area contributed by atoms with E-state index in [4.69, 9.17) is 9.47 Å². The van der Waals surface area contributed by atoms with Crippen molar-refractivity contribution in [3.05, 3.63) is 4.13 Å². The molecule has 0 N–H and O–H groups in total. The number of hydrogen-bond donors (Lipinski definition) is 0. The first-order valence-electron chi connectivity index (χ1n) is 11.0. The fraction of sp³-hybridized carbons (Fsp3) is 0.895. The van der Waals surface area contributed by atoms with Crippen molar-refractivity contribution in [2.24, 2.45) is 23.7 Å². The summed E-state index contributed by atoms with van der Waals surface area (Å²) < 4.78 is 97.9. The van der Waals surface area contributed by atoms with E-state index in [9.17, 15) is 39.6 Å². The number of alkyl halides is 3. The van der Waals surface area contributed by atoms with Gasteiger partial charge in [-0.15, -0.1) is 0 Å². The molecular weight excluding hydrogens is 507 g/mol. The van der Waals surface area contributed by atoms with E-state index >= 15 is 0 Å². The molecule has 0 aromatic carbocycles. The molecule has 0 radical (unpaired) electrons. The van der Waals surface area contributed by atoms with Gasteiger partial charge in [0.05, 0.1) is 18.4 Å². The molecule has 3 aliphatic rings. The minimum Gasteiger partial charge on any atom is -0.463 e. The molecule has 0 spiro atoms. The van der Waals surface area contributed by atoms with Crippen LogP contribution in [0.4, 0.5) is 13.2 Å². The van der Waals surface area contributed by atoms with E-state index in [-0.39, 0.29) is 11.8 Å². The summed E-state index contributed by atoms with van der Waals surface area (Å²) in [7, 11) is -11.8. The summed E-state index contributed by atoms with van der Waals surface area (Å²) in [5.74, 6) is -2.78. The summed E-state index contributed by atoms with van der Waals surface area (Å²) in [4.78, 5) is 25.7. The molecule has 2 bridgehead atoms. The van der Waals surface area contributed by atoms with Crippen molar-refractivity contribution in [3.63, 3.8) is 0 Å². The van der Waals surface area contributed by atoms with Crippen LogP contribution in [0, 0.1) is 23.7 Å². The normalized spacial score (nSPS) is 29.1. The fourth-order valence-corrected chi connectivity index (χ4v) is 6.99. The maximum atomic E-state index is 13.0. The average molecular weight is 535 g/mol. The van der Waals surface area contributed by atoms with Gasteiger partial charge in [0.15, 0.2) is 10.0 Å². The first-order valence-corrected chi connectivity index (χ1v) is 13.8. The van der Waals surface area contributed by atoms with Crippen LogP contribution in [0.2, 0.25) is 0 Å². The average Bonchev–Trinajstić information content (AvgIpc) is 3.31. The molecule has 4 atom stereocenters. The predicted octanol–water partition coefficient (Wildman–Crippen LogP) is 2.94. The lowest BCUT2D eigenvalue weighted by Gasteiger charge is -2.36. The molecule has 196 valence electrons. The molecule has 0 saturated heterocycles. The van der Waals surface area contributed by atoms with E-state index < -0.39 is 68.4 Å². The van der Waals surface area contributed by atoms with E-state index in [1.54, 1.807) is 4.13 Å². The molecule has 3 saturated carbocycles. The van der Waals surface area contributed by atoms with Gasteiger partial charge in [0, 0.05) is 0 Å². The van der Waals surface area contributed by atoms with Crippen LogP contribution in [0.3, 0.4) is 0 Å². The van der Waals surface area contributed by atoms with E-state index in [0.29, 0.717) is 6.42 Å². The standard InChI is InChI=1S/C19H27F3NO9S2/c1-18(7-3-2-4-8-18)32-17(25)15-13-6-5-12(11-13)14(15)16(24)30-9-10-31-34(28,29)23-33(26,27)19(20,21)22/h12-15H,2-11H2,1H3/q-1. The van der Waals surface area contributed by atoms with Crippen molar-refractivity contribution in [2.75, 3.05) is 13.2 Å². The van der Waals surface area contributed by atoms with E-state index in [2.05, 4.69) is 4.18 Å². The zero-order chi connectivity index (χ0) is 25.4. The quantitative estimate of drug-likeness (QED) is 0.322. The van der Waals surface area contributed by atoms with Crippen molar-refractivity contribution in [3.8, 4) is 0 Å². The van der Waals surface area contributed by atoms with Crippen LogP contribution in [0.5, 0.6) is 0 Å². The lowest BCUT2D eigenvalue weighted by Crippen LogP contribution is -2.42. The van der Waals surface area contributed by atoms with Gasteiger partial charge in [-0.3, -0.25) is 13.8 Å². The van der Waals surface area contributed by atoms with Crippen molar-refractivity contribution in [1.82, 2.24) is 0 Å². The fourth-order valence-electron chi connectivity index (χ4n) is 5.24. The number of halogens is 3. The second kappa shape index (κ2) is 9.90. The monoisotopic (exact) mass is 534 g/mol. The van der Waals surface area contributed by atoms with Gasteiger partial charge in [-0.2, -0.15) is 13.2 Å². The molecular formula is C19H27F3NO9S2-. The summed E-state index contributed by atoms with van der Waals surface area (Å²) >= 11 is 0. The van der Waals surface area contributed by atoms with Crippen LogP contribution in [-0.4, -0.2) is 53.1 Å². The predicted molar refractivity (Wildman–Crippen MR) is 110 cm³/mol. The Bertz CT molecular complexity index is 991. The molecule has 0 aromatic heterocycles. The van der Waals surface area contributed by atoms with E-state index in [1.807, 2.05) is 6.92 Å². The van der Waals surface area contributed by atoms with Crippen LogP contribution < -0.4 is 0 Å². The summed E-state index contributed by atoms with van der Waals surface area (Å²) in [6, 6.07) is 0. The number of nitrogens with zero attached hydrogens (tertiary/aromatic N) is 1. The largest absolute Gasteiger partial charge is 0.480 e. The van der Waals surface area contributed by atoms with Crippen LogP contribution >= 0.6 is 0 Å². The summed E-state index contributed by atoms with van der Waals surface area (Å²) in [5, 5.41) is 0. The van der Waals surface area contributed by atoms with Crippen molar-refractivity contribution in [2.45, 2.75) is 69.4 Å². The second-order valence-corrected chi connectivity index (χ2v) is 12.3. The van der Waals surface area contributed by atoms with Crippen molar-refractivity contribution >= 4 is 32.3 Å². The zero-order valence-corrected chi connectivity index (χ0v) is 20.1. The van der Waals surface area contributed by atoms with Crippen LogP contribution in [0.1, 0.15) is 58.3 Å². The number of esters is 2. The molecule has 3 aliphatic carbocycles. The van der Waals surface area contributed by atoms with Crippen LogP contribution in [0.15, 0.2) is 0 Å². The minimum absolute atomic E-state index is 0.0229. The van der Waals surface area contributed by atoms with Gasteiger partial charge in [-0.05, 0) is 63.7 Å². The summed E-state index contributed by atoms with van der Waals surface area (Å²) in [5.41, 5.74) is -6.48. The molecule has 3 rings (SSSR count). The Balaban J connectivity index is 1.54. The zero-order valence-electron chi connectivity index (χ0n) is 18.5. The van der Waals surface area contributed by atoms with Gasteiger partial charge >= 0.3 is 17.4 Å². The first kappa shape index (κ1) is 27.1. The Labute approximate surface area is 196 Å². The molecule has 4 unspecified atom stereocenters. The molecule has 34 heavy (non-hydrogen) atoms. The van der Waals surface area contributed by atoms with E-state index in [0.717, 1.165) is 44.9 Å². The molecule has 0 aliphatic heterocycles. The Morgan fingerprint density at radius 1 is 0.941 bits per heavy atom. The summed E-state index contributed by atoms with van der Waals surface area (Å²) in [6.07, 6.45) is 6.63. The highest BCUT2D eigenvalue weighted by Crippen LogP contribution is 2.53. The lowest BCUT2D eigenvalue weighted by molar-refractivity contribution is -0.175. The summed E-state index contributed by atoms with van der Waals surface area (Å²) in [6.45, 7) is 0.248. The molecule has 3 fully saturated rings. The SMILES string of the molecule is CC1(OC(=O)C2C3CCC(C3)C2C(=O)OCCOS(=O)(=O)[N-]S(=O)(=O)C(F)(F)F)CCCCC1. The smallest absolute Gasteiger partial charge is 0.463 e. The number of hydrogen-bond acceptors (Lipinski definition) is 9. The molecule has 10 nitrogen and oxygen atoms in total. The van der Waals surface area contributed by atoms with Gasteiger partial charge < -0.3 is 13.6 Å². The number of carbonyl (C=O) groups excluding carboxylic acids is 2. The topological polar surface area (TPSA) is 144 Å². The Morgan fingerprint density at radius 2 is 1.50 bits per heavy atom. The molecule has 15 heteroatoms. The molecule has 0 heterocycles. The van der Waals surface area contributed by atoms with Gasteiger partial charge in [-0.25, -0.2) is 16.8 Å². The number of sulfonamides is 1. The third-order valence-corrected chi connectivity index (χ3v) is 9.33. The van der Waals surface area contributed by atoms with Crippen molar-refractivity contribution in [1.29, 1.82) is 0 Å². The van der Waals surface area contributed by atoms with Gasteiger partial charge in [0.2, 0.25) is 10.3 Å². The molecule has 0 aromatic rings. The maximum Gasteiger partial charge on any atom is 0.480 e. The highest BCUT2D eigenvalue weighted by molar-refractivity contribution is 8.10. The van der Waals surface area contributed by atoms with Gasteiger partial charge in [0.25, 0.3) is 0 Å².